The Morgan fingerprint density at radius 3 is 2.67 bits per heavy atom. The number of carbonyl (C=O) groups is 1. The van der Waals surface area contributed by atoms with Gasteiger partial charge in [-0.15, -0.1) is 0 Å². The lowest BCUT2D eigenvalue weighted by molar-refractivity contribution is -0.000422. The Balaban J connectivity index is 1.11. The number of halogens is 1. The molecule has 4 aromatic rings. The Hall–Kier alpha value is -3.80. The van der Waals surface area contributed by atoms with Crippen molar-refractivity contribution in [3.63, 3.8) is 0 Å². The average molecular weight is 536 g/mol. The van der Waals surface area contributed by atoms with Gasteiger partial charge < -0.3 is 24.0 Å². The minimum Gasteiger partial charge on any atom is -0.488 e. The van der Waals surface area contributed by atoms with Crippen LogP contribution in [0.1, 0.15) is 23.2 Å². The third kappa shape index (κ3) is 5.12. The highest BCUT2D eigenvalue weighted by Crippen LogP contribution is 2.33. The Morgan fingerprint density at radius 2 is 1.92 bits per heavy atom. The molecule has 1 amide bonds. The van der Waals surface area contributed by atoms with Crippen molar-refractivity contribution in [2.45, 2.75) is 25.0 Å². The van der Waals surface area contributed by atoms with Gasteiger partial charge >= 0.3 is 0 Å². The summed E-state index contributed by atoms with van der Waals surface area (Å²) in [5.74, 6) is -0.000736. The zero-order chi connectivity index (χ0) is 26.9. The van der Waals surface area contributed by atoms with E-state index in [1.807, 2.05) is 17.0 Å². The number of nitrogens with zero attached hydrogens (tertiary/aromatic N) is 4. The predicted molar refractivity (Wildman–Crippen MR) is 141 cm³/mol. The van der Waals surface area contributed by atoms with Crippen LogP contribution in [0, 0.1) is 5.82 Å². The first kappa shape index (κ1) is 25.5. The summed E-state index contributed by atoms with van der Waals surface area (Å²) in [5, 5.41) is 21.6. The molecule has 0 saturated carbocycles. The van der Waals surface area contributed by atoms with E-state index >= 15 is 0 Å². The summed E-state index contributed by atoms with van der Waals surface area (Å²) in [7, 11) is 1.55. The maximum absolute atomic E-state index is 14.6. The monoisotopic (exact) mass is 535 g/mol. The van der Waals surface area contributed by atoms with Gasteiger partial charge in [-0.25, -0.2) is 4.39 Å². The van der Waals surface area contributed by atoms with Gasteiger partial charge in [0.2, 0.25) is 0 Å². The van der Waals surface area contributed by atoms with Crippen LogP contribution < -0.4 is 4.74 Å². The topological polar surface area (TPSA) is 117 Å². The zero-order valence-corrected chi connectivity index (χ0v) is 21.6. The summed E-state index contributed by atoms with van der Waals surface area (Å²) in [6.45, 7) is 3.78. The van der Waals surface area contributed by atoms with Crippen molar-refractivity contribution in [3.8, 4) is 28.5 Å². The third-order valence-corrected chi connectivity index (χ3v) is 7.50. The van der Waals surface area contributed by atoms with Crippen LogP contribution in [0.15, 0.2) is 47.0 Å². The maximum atomic E-state index is 14.6. The van der Waals surface area contributed by atoms with Crippen LogP contribution in [-0.2, 0) is 4.74 Å². The smallest absolute Gasteiger partial charge is 0.253 e. The number of aromatic nitrogens is 3. The van der Waals surface area contributed by atoms with Gasteiger partial charge in [-0.1, -0.05) is 17.3 Å². The van der Waals surface area contributed by atoms with Gasteiger partial charge in [0.1, 0.15) is 18.0 Å². The predicted octanol–water partition coefficient (Wildman–Crippen LogP) is 3.33. The zero-order valence-electron chi connectivity index (χ0n) is 21.6. The van der Waals surface area contributed by atoms with E-state index in [0.29, 0.717) is 59.4 Å². The highest BCUT2D eigenvalue weighted by Gasteiger charge is 2.36. The summed E-state index contributed by atoms with van der Waals surface area (Å²) in [4.78, 5) is 17.2. The van der Waals surface area contributed by atoms with E-state index in [1.54, 1.807) is 31.4 Å². The molecule has 204 valence electrons. The number of hydrogen-bond donors (Lipinski definition) is 2. The van der Waals surface area contributed by atoms with Gasteiger partial charge in [0.25, 0.3) is 5.91 Å². The number of aliphatic hydroxyl groups is 1. The van der Waals surface area contributed by atoms with Crippen LogP contribution >= 0.6 is 0 Å². The molecule has 0 unspecified atom stereocenters. The van der Waals surface area contributed by atoms with Gasteiger partial charge in [-0.05, 0) is 31.0 Å². The number of piperidine rings is 1. The Labute approximate surface area is 224 Å². The molecular weight excluding hydrogens is 505 g/mol. The van der Waals surface area contributed by atoms with Crippen molar-refractivity contribution in [1.82, 2.24) is 25.2 Å². The van der Waals surface area contributed by atoms with Crippen LogP contribution in [0.2, 0.25) is 0 Å². The first-order valence-corrected chi connectivity index (χ1v) is 13.1. The minimum atomic E-state index is -0.510. The van der Waals surface area contributed by atoms with Crippen molar-refractivity contribution >= 4 is 16.8 Å². The number of methoxy groups -OCH3 is 1. The van der Waals surface area contributed by atoms with Crippen molar-refractivity contribution in [1.29, 1.82) is 0 Å². The molecule has 4 heterocycles. The fourth-order valence-corrected chi connectivity index (χ4v) is 5.14. The van der Waals surface area contributed by atoms with Crippen molar-refractivity contribution in [3.05, 3.63) is 53.8 Å². The van der Waals surface area contributed by atoms with E-state index in [0.717, 1.165) is 31.5 Å². The first-order valence-electron chi connectivity index (χ1n) is 13.1. The Bertz CT molecular complexity index is 1460. The third-order valence-electron chi connectivity index (χ3n) is 7.50. The molecular formula is C28H30FN5O5. The summed E-state index contributed by atoms with van der Waals surface area (Å²) >= 11 is 0. The standard InChI is InChI=1S/C28H30FN5O5/c1-37-10-11-38-25-14-24-21(12-22(25)29)27(31-30-24)26-13-23(32-39-26)17-2-4-18(5-3-17)28(36)34-15-19(16-34)33-8-6-20(35)7-9-33/h2-5,12-14,19-20,35H,6-11,15-16H2,1H3,(H,30,31). The summed E-state index contributed by atoms with van der Waals surface area (Å²) < 4.78 is 30.5. The largest absolute Gasteiger partial charge is 0.488 e. The molecule has 2 aromatic carbocycles. The van der Waals surface area contributed by atoms with E-state index < -0.39 is 5.82 Å². The van der Waals surface area contributed by atoms with Crippen LogP contribution in [0.4, 0.5) is 4.39 Å². The summed E-state index contributed by atoms with van der Waals surface area (Å²) in [6.07, 6.45) is 1.40. The molecule has 2 aromatic heterocycles. The van der Waals surface area contributed by atoms with Gasteiger partial charge in [0, 0.05) is 68.0 Å². The number of aromatic amines is 1. The van der Waals surface area contributed by atoms with Gasteiger partial charge in [-0.3, -0.25) is 14.8 Å². The molecule has 0 aliphatic carbocycles. The highest BCUT2D eigenvalue weighted by atomic mass is 19.1. The number of ether oxygens (including phenoxy) is 2. The summed E-state index contributed by atoms with van der Waals surface area (Å²) in [5.41, 5.74) is 3.03. The molecule has 6 rings (SSSR count). The molecule has 2 saturated heterocycles. The normalized spacial score (nSPS) is 17.1. The second-order valence-electron chi connectivity index (χ2n) is 10.0. The van der Waals surface area contributed by atoms with E-state index in [1.165, 1.54) is 6.07 Å². The molecule has 2 aliphatic rings. The van der Waals surface area contributed by atoms with Crippen LogP contribution in [-0.4, -0.2) is 94.8 Å². The molecule has 0 bridgehead atoms. The molecule has 2 aliphatic heterocycles. The second-order valence-corrected chi connectivity index (χ2v) is 10.0. The van der Waals surface area contributed by atoms with Crippen LogP contribution in [0.3, 0.4) is 0 Å². The van der Waals surface area contributed by atoms with Crippen molar-refractivity contribution < 1.29 is 28.3 Å². The molecule has 2 N–H and O–H groups in total. The number of rotatable bonds is 8. The van der Waals surface area contributed by atoms with Crippen molar-refractivity contribution in [2.75, 3.05) is 46.5 Å². The van der Waals surface area contributed by atoms with E-state index in [4.69, 9.17) is 14.0 Å². The number of amides is 1. The van der Waals surface area contributed by atoms with E-state index in [-0.39, 0.29) is 24.4 Å². The SMILES string of the molecule is COCCOc1cc2[nH]nc(-c3cc(-c4ccc(C(=O)N5CC(N6CCC(O)CC6)C5)cc4)no3)c2cc1F. The fraction of sp³-hybridized carbons (Fsp3) is 0.393. The molecule has 0 spiro atoms. The lowest BCUT2D eigenvalue weighted by atomic mass is 10.00. The van der Waals surface area contributed by atoms with E-state index in [2.05, 4.69) is 20.3 Å². The number of nitrogens with one attached hydrogen (secondary N) is 1. The second kappa shape index (κ2) is 10.8. The Kier molecular flexibility index (Phi) is 7.03. The fourth-order valence-electron chi connectivity index (χ4n) is 5.14. The average Bonchev–Trinajstić information content (AvgIpc) is 3.56. The number of H-pyrrole nitrogens is 1. The van der Waals surface area contributed by atoms with E-state index in [9.17, 15) is 14.3 Å². The lowest BCUT2D eigenvalue weighted by Gasteiger charge is -2.47. The number of hydrogen-bond acceptors (Lipinski definition) is 8. The Morgan fingerprint density at radius 1 is 1.15 bits per heavy atom. The number of aliphatic hydroxyl groups excluding tert-OH is 1. The quantitative estimate of drug-likeness (QED) is 0.330. The van der Waals surface area contributed by atoms with Crippen molar-refractivity contribution in [2.24, 2.45) is 0 Å². The van der Waals surface area contributed by atoms with Crippen LogP contribution in [0.25, 0.3) is 33.6 Å². The summed E-state index contributed by atoms with van der Waals surface area (Å²) in [6, 6.07) is 12.3. The molecule has 0 atom stereocenters. The number of likely N-dealkylation sites (tertiary alicyclic amines) is 2. The van der Waals surface area contributed by atoms with Gasteiger partial charge in [0.05, 0.1) is 18.2 Å². The molecule has 0 radical (unpaired) electrons. The number of carbonyl (C=O) groups excluding carboxylic acids is 1. The molecule has 39 heavy (non-hydrogen) atoms. The maximum Gasteiger partial charge on any atom is 0.253 e. The minimum absolute atomic E-state index is 0.00581. The first-order chi connectivity index (χ1) is 19.0. The number of benzene rings is 2. The molecule has 11 heteroatoms. The number of fused-ring (bicyclic) bond motifs is 1. The molecule has 2 fully saturated rings. The lowest BCUT2D eigenvalue weighted by Crippen LogP contribution is -2.62. The van der Waals surface area contributed by atoms with Gasteiger partial charge in [0.15, 0.2) is 17.3 Å². The van der Waals surface area contributed by atoms with Crippen LogP contribution in [0.5, 0.6) is 5.75 Å². The molecule has 10 nitrogen and oxygen atoms in total. The highest BCUT2D eigenvalue weighted by molar-refractivity contribution is 5.95. The van der Waals surface area contributed by atoms with Gasteiger partial charge in [-0.2, -0.15) is 5.10 Å².